The SMILES string of the molecule is C=CC.CS(=O)Nc1cccc(C2=CCC3(C)C(CCC4(C)C5CCC6(C(=O)O)CCCC6C5CCC43)C2(C)C)c1. The zero-order valence-corrected chi connectivity index (χ0v) is 27.1. The summed E-state index contributed by atoms with van der Waals surface area (Å²) in [6.07, 6.45) is 17.3. The molecule has 2 N–H and O–H groups in total. The molecule has 5 aliphatic rings. The summed E-state index contributed by atoms with van der Waals surface area (Å²) in [5.74, 6) is 2.50. The second kappa shape index (κ2) is 11.0. The average Bonchev–Trinajstić information content (AvgIpc) is 3.35. The minimum absolute atomic E-state index is 0.0612. The smallest absolute Gasteiger partial charge is 0.309 e. The molecule has 0 amide bonds. The van der Waals surface area contributed by atoms with Gasteiger partial charge in [-0.05, 0) is 134 Å². The van der Waals surface area contributed by atoms with Gasteiger partial charge in [-0.1, -0.05) is 58.4 Å². The van der Waals surface area contributed by atoms with Gasteiger partial charge in [-0.2, -0.15) is 0 Å². The van der Waals surface area contributed by atoms with Crippen molar-refractivity contribution in [1.29, 1.82) is 0 Å². The summed E-state index contributed by atoms with van der Waals surface area (Å²) in [4.78, 5) is 12.5. The number of hydrogen-bond acceptors (Lipinski definition) is 2. The lowest BCUT2D eigenvalue weighted by molar-refractivity contribution is -0.187. The molecule has 41 heavy (non-hydrogen) atoms. The van der Waals surface area contributed by atoms with Crippen LogP contribution in [-0.4, -0.2) is 21.5 Å². The zero-order valence-electron chi connectivity index (χ0n) is 26.3. The molecule has 1 aromatic rings. The number of hydrogen-bond donors (Lipinski definition) is 2. The van der Waals surface area contributed by atoms with Crippen LogP contribution in [0.2, 0.25) is 0 Å². The maximum absolute atomic E-state index is 12.5. The van der Waals surface area contributed by atoms with Crippen molar-refractivity contribution >= 4 is 28.2 Å². The lowest BCUT2D eigenvalue weighted by Gasteiger charge is -2.68. The first-order chi connectivity index (χ1) is 19.3. The molecule has 4 fully saturated rings. The fourth-order valence-corrected chi connectivity index (χ4v) is 12.1. The van der Waals surface area contributed by atoms with E-state index in [0.29, 0.717) is 35.0 Å². The van der Waals surface area contributed by atoms with Crippen molar-refractivity contribution in [2.45, 2.75) is 98.8 Å². The van der Waals surface area contributed by atoms with Crippen molar-refractivity contribution in [2.24, 2.45) is 51.2 Å². The predicted molar refractivity (Wildman–Crippen MR) is 172 cm³/mol. The van der Waals surface area contributed by atoms with Crippen molar-refractivity contribution in [3.63, 3.8) is 0 Å². The van der Waals surface area contributed by atoms with Crippen LogP contribution in [0.15, 0.2) is 43.0 Å². The summed E-state index contributed by atoms with van der Waals surface area (Å²) in [5.41, 5.74) is 3.83. The van der Waals surface area contributed by atoms with E-state index in [1.807, 2.05) is 13.0 Å². The molecule has 1 aromatic carbocycles. The lowest BCUT2D eigenvalue weighted by atomic mass is 9.36. The number of aliphatic carboxylic acids is 1. The summed E-state index contributed by atoms with van der Waals surface area (Å²) < 4.78 is 14.9. The fourth-order valence-electron chi connectivity index (χ4n) is 11.6. The van der Waals surface area contributed by atoms with Crippen LogP contribution < -0.4 is 4.72 Å². The molecule has 6 rings (SSSR count). The van der Waals surface area contributed by atoms with Gasteiger partial charge in [-0.25, -0.2) is 4.21 Å². The number of carboxylic acids is 1. The Bertz CT molecular complexity index is 1240. The molecule has 0 aromatic heterocycles. The van der Waals surface area contributed by atoms with E-state index in [2.05, 4.69) is 63.3 Å². The first-order valence-electron chi connectivity index (χ1n) is 16.1. The third-order valence-corrected chi connectivity index (χ3v) is 13.5. The van der Waals surface area contributed by atoms with Crippen LogP contribution in [0.5, 0.6) is 0 Å². The topological polar surface area (TPSA) is 66.4 Å². The maximum Gasteiger partial charge on any atom is 0.309 e. The van der Waals surface area contributed by atoms with Gasteiger partial charge in [-0.3, -0.25) is 4.79 Å². The molecule has 0 radical (unpaired) electrons. The molecule has 0 bridgehead atoms. The van der Waals surface area contributed by atoms with Gasteiger partial charge in [0.05, 0.1) is 5.41 Å². The third-order valence-electron chi connectivity index (χ3n) is 13.0. The number of rotatable bonds is 4. The minimum atomic E-state index is -1.08. The van der Waals surface area contributed by atoms with Gasteiger partial charge in [0.25, 0.3) is 0 Å². The van der Waals surface area contributed by atoms with Crippen molar-refractivity contribution in [1.82, 2.24) is 0 Å². The van der Waals surface area contributed by atoms with Gasteiger partial charge in [0.2, 0.25) is 0 Å². The number of anilines is 1. The van der Waals surface area contributed by atoms with Gasteiger partial charge in [-0.15, -0.1) is 6.58 Å². The Morgan fingerprint density at radius 3 is 2.41 bits per heavy atom. The molecule has 226 valence electrons. The molecule has 4 saturated carbocycles. The van der Waals surface area contributed by atoms with Gasteiger partial charge < -0.3 is 9.83 Å². The van der Waals surface area contributed by atoms with Gasteiger partial charge in [0.15, 0.2) is 0 Å². The first-order valence-corrected chi connectivity index (χ1v) is 17.6. The Kier molecular flexibility index (Phi) is 8.20. The number of fused-ring (bicyclic) bond motifs is 7. The lowest BCUT2D eigenvalue weighted by Crippen LogP contribution is -2.61. The molecule has 0 heterocycles. The molecule has 0 aliphatic heterocycles. The average molecular weight is 580 g/mol. The number of carboxylic acid groups (broad SMARTS) is 1. The van der Waals surface area contributed by atoms with E-state index in [1.54, 1.807) is 12.3 Å². The number of allylic oxidation sites excluding steroid dienone is 3. The fraction of sp³-hybridized carbons (Fsp3) is 0.694. The van der Waals surface area contributed by atoms with Crippen molar-refractivity contribution in [2.75, 3.05) is 11.0 Å². The monoisotopic (exact) mass is 579 g/mol. The molecule has 0 spiro atoms. The molecular weight excluding hydrogens is 526 g/mol. The maximum atomic E-state index is 12.5. The molecule has 0 saturated heterocycles. The normalized spacial score (nSPS) is 41.1. The quantitative estimate of drug-likeness (QED) is 0.350. The van der Waals surface area contributed by atoms with Gasteiger partial charge in [0.1, 0.15) is 11.0 Å². The summed E-state index contributed by atoms with van der Waals surface area (Å²) in [6, 6.07) is 8.48. The molecular formula is C36H53NO3S. The second-order valence-corrected chi connectivity index (χ2v) is 16.2. The zero-order chi connectivity index (χ0) is 29.8. The Morgan fingerprint density at radius 1 is 1.00 bits per heavy atom. The Morgan fingerprint density at radius 2 is 1.73 bits per heavy atom. The number of carbonyl (C=O) groups is 1. The van der Waals surface area contributed by atoms with Crippen LogP contribution in [0.4, 0.5) is 5.69 Å². The Balaban J connectivity index is 0.00000108. The van der Waals surface area contributed by atoms with Crippen LogP contribution in [0.25, 0.3) is 5.57 Å². The highest BCUT2D eigenvalue weighted by Gasteiger charge is 2.66. The van der Waals surface area contributed by atoms with Crippen LogP contribution in [-0.2, 0) is 15.8 Å². The molecule has 5 heteroatoms. The number of benzene rings is 1. The second-order valence-electron chi connectivity index (χ2n) is 15.1. The molecule has 9 unspecified atom stereocenters. The van der Waals surface area contributed by atoms with Crippen LogP contribution in [0.1, 0.15) is 104 Å². The molecule has 5 aliphatic carbocycles. The third kappa shape index (κ3) is 4.77. The van der Waals surface area contributed by atoms with Crippen LogP contribution in [0, 0.1) is 51.2 Å². The van der Waals surface area contributed by atoms with E-state index >= 15 is 0 Å². The summed E-state index contributed by atoms with van der Waals surface area (Å²) >= 11 is 0. The highest BCUT2D eigenvalue weighted by molar-refractivity contribution is 7.85. The minimum Gasteiger partial charge on any atom is -0.481 e. The van der Waals surface area contributed by atoms with Crippen molar-refractivity contribution in [3.8, 4) is 0 Å². The highest BCUT2D eigenvalue weighted by Crippen LogP contribution is 2.73. The van der Waals surface area contributed by atoms with E-state index in [4.69, 9.17) is 0 Å². The Labute approximate surface area is 251 Å². The largest absolute Gasteiger partial charge is 0.481 e. The summed E-state index contributed by atoms with van der Waals surface area (Å²) in [5, 5.41) is 10.3. The standard InChI is InChI=1S/C33H47NO3S.C3H6/c1-30(2)24(21-8-6-9-22(20-21)34-38(5)37)13-17-32(4)27(30)15-18-31(3)25-14-19-33(29(35)36)16-7-10-26(33)23(25)11-12-28(31)32;1-3-2/h6,8-9,13,20,23,25-28,34H,7,10-12,14-19H2,1-5H3,(H,35,36);3H,1H2,2H3. The van der Waals surface area contributed by atoms with E-state index in [9.17, 15) is 14.1 Å². The van der Waals surface area contributed by atoms with Crippen molar-refractivity contribution in [3.05, 3.63) is 48.6 Å². The van der Waals surface area contributed by atoms with E-state index in [0.717, 1.165) is 44.2 Å². The molecule has 4 nitrogen and oxygen atoms in total. The Hall–Kier alpha value is -1.88. The van der Waals surface area contributed by atoms with E-state index < -0.39 is 22.4 Å². The molecule has 9 atom stereocenters. The van der Waals surface area contributed by atoms with Crippen LogP contribution >= 0.6 is 0 Å². The van der Waals surface area contributed by atoms with Gasteiger partial charge >= 0.3 is 5.97 Å². The van der Waals surface area contributed by atoms with E-state index in [1.165, 1.54) is 36.8 Å². The predicted octanol–water partition coefficient (Wildman–Crippen LogP) is 9.13. The van der Waals surface area contributed by atoms with E-state index in [-0.39, 0.29) is 10.8 Å². The number of nitrogens with one attached hydrogen (secondary N) is 1. The summed E-state index contributed by atoms with van der Waals surface area (Å²) in [7, 11) is -1.08. The van der Waals surface area contributed by atoms with Gasteiger partial charge in [0, 0.05) is 11.9 Å². The van der Waals surface area contributed by atoms with Crippen LogP contribution in [0.3, 0.4) is 0 Å². The van der Waals surface area contributed by atoms with Crippen molar-refractivity contribution < 1.29 is 14.1 Å². The first kappa shape index (κ1) is 30.6. The highest BCUT2D eigenvalue weighted by atomic mass is 32.2. The summed E-state index contributed by atoms with van der Waals surface area (Å²) in [6.45, 7) is 15.4.